The second-order valence-corrected chi connectivity index (χ2v) is 7.41. The van der Waals surface area contributed by atoms with E-state index in [4.69, 9.17) is 24.9 Å². The molecule has 1 unspecified atom stereocenters. The van der Waals surface area contributed by atoms with Crippen LogP contribution in [0.25, 0.3) is 0 Å². The first-order valence-electron chi connectivity index (χ1n) is 5.98. The highest BCUT2D eigenvalue weighted by molar-refractivity contribution is 6.62. The number of hydrogen-bond donors (Lipinski definition) is 0. The van der Waals surface area contributed by atoms with E-state index in [0.717, 1.165) is 17.5 Å². The maximum Gasteiger partial charge on any atom is 0.508 e. The van der Waals surface area contributed by atoms with Gasteiger partial charge in [-0.05, 0) is 17.5 Å². The van der Waals surface area contributed by atoms with E-state index in [0.29, 0.717) is 5.88 Å². The Labute approximate surface area is 115 Å². The smallest absolute Gasteiger partial charge is 0.376 e. The van der Waals surface area contributed by atoms with E-state index in [1.807, 2.05) is 18.2 Å². The van der Waals surface area contributed by atoms with Crippen molar-refractivity contribution in [3.63, 3.8) is 0 Å². The van der Waals surface area contributed by atoms with Crippen molar-refractivity contribution in [3.8, 4) is 0 Å². The monoisotopic (exact) mass is 288 g/mol. The lowest BCUT2D eigenvalue weighted by molar-refractivity contribution is 0.111. The zero-order chi connectivity index (χ0) is 13.6. The lowest BCUT2D eigenvalue weighted by atomic mass is 10.0. The van der Waals surface area contributed by atoms with Crippen LogP contribution >= 0.6 is 11.6 Å². The Morgan fingerprint density at radius 1 is 1.11 bits per heavy atom. The van der Waals surface area contributed by atoms with Crippen molar-refractivity contribution in [2.45, 2.75) is 24.8 Å². The van der Waals surface area contributed by atoms with Crippen LogP contribution in [-0.2, 0) is 19.2 Å². The fourth-order valence-electron chi connectivity index (χ4n) is 2.33. The molecule has 0 radical (unpaired) electrons. The molecule has 0 heterocycles. The Hall–Kier alpha value is -0.393. The number of halogens is 1. The van der Waals surface area contributed by atoms with Crippen molar-refractivity contribution in [2.75, 3.05) is 21.3 Å². The predicted molar refractivity (Wildman–Crippen MR) is 75.8 cm³/mol. The molecule has 1 aromatic carbocycles. The van der Waals surface area contributed by atoms with Crippen molar-refractivity contribution in [1.82, 2.24) is 0 Å². The largest absolute Gasteiger partial charge is 0.508 e. The average Bonchev–Trinajstić information content (AvgIpc) is 2.45. The Morgan fingerprint density at radius 2 is 1.67 bits per heavy atom. The summed E-state index contributed by atoms with van der Waals surface area (Å²) in [6, 6.07) is 8.10. The van der Waals surface area contributed by atoms with Crippen LogP contribution in [0, 0.1) is 0 Å². The summed E-state index contributed by atoms with van der Waals surface area (Å²) < 4.78 is 16.8. The van der Waals surface area contributed by atoms with Crippen LogP contribution < -0.4 is 0 Å². The lowest BCUT2D eigenvalue weighted by Crippen LogP contribution is -2.49. The Bertz CT molecular complexity index is 361. The number of alkyl halides is 1. The molecular weight excluding hydrogens is 268 g/mol. The second kappa shape index (κ2) is 7.26. The molecule has 0 aromatic heterocycles. The molecule has 1 atom stereocenters. The van der Waals surface area contributed by atoms with Gasteiger partial charge >= 0.3 is 8.80 Å². The van der Waals surface area contributed by atoms with E-state index in [2.05, 4.69) is 13.0 Å². The van der Waals surface area contributed by atoms with Gasteiger partial charge in [0.2, 0.25) is 0 Å². The molecule has 0 bridgehead atoms. The van der Waals surface area contributed by atoms with Gasteiger partial charge in [0.05, 0.1) is 5.54 Å². The molecule has 0 aliphatic heterocycles. The van der Waals surface area contributed by atoms with Crippen LogP contribution in [0.3, 0.4) is 0 Å². The van der Waals surface area contributed by atoms with Gasteiger partial charge in [0.1, 0.15) is 0 Å². The fourth-order valence-corrected chi connectivity index (χ4v) is 5.09. The lowest BCUT2D eigenvalue weighted by Gasteiger charge is -2.33. The molecule has 0 spiro atoms. The zero-order valence-corrected chi connectivity index (χ0v) is 13.2. The van der Waals surface area contributed by atoms with Crippen LogP contribution in [0.1, 0.15) is 30.0 Å². The molecule has 5 heteroatoms. The first kappa shape index (κ1) is 15.7. The summed E-state index contributed by atoms with van der Waals surface area (Å²) in [5, 5.41) is 0. The van der Waals surface area contributed by atoms with Crippen LogP contribution in [0.2, 0.25) is 0 Å². The van der Waals surface area contributed by atoms with Gasteiger partial charge in [-0.1, -0.05) is 31.2 Å². The van der Waals surface area contributed by atoms with E-state index in [1.165, 1.54) is 0 Å². The Kier molecular flexibility index (Phi) is 6.32. The second-order valence-electron chi connectivity index (χ2n) is 4.01. The van der Waals surface area contributed by atoms with Crippen LogP contribution in [0.5, 0.6) is 0 Å². The van der Waals surface area contributed by atoms with E-state index in [-0.39, 0.29) is 5.54 Å². The van der Waals surface area contributed by atoms with Crippen molar-refractivity contribution >= 4 is 20.4 Å². The van der Waals surface area contributed by atoms with Crippen molar-refractivity contribution in [3.05, 3.63) is 35.4 Å². The molecule has 3 nitrogen and oxygen atoms in total. The molecular formula is C13H21ClO3Si. The molecule has 0 aliphatic carbocycles. The molecule has 0 N–H and O–H groups in total. The highest BCUT2D eigenvalue weighted by atomic mass is 35.5. The zero-order valence-electron chi connectivity index (χ0n) is 11.4. The van der Waals surface area contributed by atoms with Crippen molar-refractivity contribution < 1.29 is 13.3 Å². The van der Waals surface area contributed by atoms with Crippen molar-refractivity contribution in [1.29, 1.82) is 0 Å². The van der Waals surface area contributed by atoms with E-state index >= 15 is 0 Å². The molecule has 0 amide bonds. The molecule has 0 saturated carbocycles. The highest BCUT2D eigenvalue weighted by Crippen LogP contribution is 2.34. The van der Waals surface area contributed by atoms with Crippen LogP contribution in [-0.4, -0.2) is 30.1 Å². The summed E-state index contributed by atoms with van der Waals surface area (Å²) in [6.45, 7) is 2.11. The average molecular weight is 289 g/mol. The SMILES string of the molecule is CCC(c1ccccc1CCl)[Si](OC)(OC)OC. The number of hydrogen-bond acceptors (Lipinski definition) is 3. The van der Waals surface area contributed by atoms with Gasteiger partial charge in [-0.15, -0.1) is 11.6 Å². The standard InChI is InChI=1S/C13H21ClO3Si/c1-5-13(18(15-2,16-3)17-4)12-9-7-6-8-11(12)10-14/h6-9,13H,5,10H2,1-4H3. The predicted octanol–water partition coefficient (Wildman–Crippen LogP) is 3.34. The van der Waals surface area contributed by atoms with Gasteiger partial charge in [0.15, 0.2) is 0 Å². The minimum absolute atomic E-state index is 0.104. The van der Waals surface area contributed by atoms with E-state index in [1.54, 1.807) is 21.3 Å². The number of rotatable bonds is 7. The molecule has 0 aliphatic rings. The quantitative estimate of drug-likeness (QED) is 0.569. The van der Waals surface area contributed by atoms with Gasteiger partial charge in [0.25, 0.3) is 0 Å². The number of benzene rings is 1. The molecule has 102 valence electrons. The third-order valence-corrected chi connectivity index (χ3v) is 6.83. The topological polar surface area (TPSA) is 27.7 Å². The van der Waals surface area contributed by atoms with Gasteiger partial charge < -0.3 is 13.3 Å². The Morgan fingerprint density at radius 3 is 2.11 bits per heavy atom. The van der Waals surface area contributed by atoms with Crippen LogP contribution in [0.15, 0.2) is 24.3 Å². The van der Waals surface area contributed by atoms with Gasteiger partial charge in [-0.2, -0.15) is 0 Å². The van der Waals surface area contributed by atoms with E-state index < -0.39 is 8.80 Å². The fraction of sp³-hybridized carbons (Fsp3) is 0.538. The Balaban J connectivity index is 3.23. The summed E-state index contributed by atoms with van der Waals surface area (Å²) in [6.07, 6.45) is 0.885. The molecule has 0 saturated heterocycles. The minimum atomic E-state index is -2.69. The maximum atomic E-state index is 6.01. The molecule has 0 fully saturated rings. The highest BCUT2D eigenvalue weighted by Gasteiger charge is 2.47. The van der Waals surface area contributed by atoms with E-state index in [9.17, 15) is 0 Å². The summed E-state index contributed by atoms with van der Waals surface area (Å²) >= 11 is 6.01. The third-order valence-electron chi connectivity index (χ3n) is 3.26. The first-order valence-corrected chi connectivity index (χ1v) is 8.31. The molecule has 1 aromatic rings. The van der Waals surface area contributed by atoms with Gasteiger partial charge in [-0.3, -0.25) is 0 Å². The normalized spacial score (nSPS) is 13.6. The van der Waals surface area contributed by atoms with Gasteiger partial charge in [0, 0.05) is 27.2 Å². The molecule has 18 heavy (non-hydrogen) atoms. The van der Waals surface area contributed by atoms with Crippen molar-refractivity contribution in [2.24, 2.45) is 0 Å². The summed E-state index contributed by atoms with van der Waals surface area (Å²) in [4.78, 5) is 0. The summed E-state index contributed by atoms with van der Waals surface area (Å²) in [5.41, 5.74) is 2.37. The van der Waals surface area contributed by atoms with Gasteiger partial charge in [-0.25, -0.2) is 0 Å². The summed E-state index contributed by atoms with van der Waals surface area (Å²) in [5.74, 6) is 0.480. The minimum Gasteiger partial charge on any atom is -0.376 e. The molecule has 1 rings (SSSR count). The summed E-state index contributed by atoms with van der Waals surface area (Å²) in [7, 11) is 2.24. The van der Waals surface area contributed by atoms with Crippen LogP contribution in [0.4, 0.5) is 0 Å². The first-order chi connectivity index (χ1) is 8.68. The maximum absolute atomic E-state index is 6.01. The third kappa shape index (κ3) is 2.95.